The molecule has 3 aromatic rings. The number of rotatable bonds is 7. The van der Waals surface area contributed by atoms with Gasteiger partial charge in [-0.3, -0.25) is 4.98 Å². The molecule has 0 radical (unpaired) electrons. The molecule has 0 aliphatic carbocycles. The lowest BCUT2D eigenvalue weighted by molar-refractivity contribution is -0.158. The fourth-order valence-corrected chi connectivity index (χ4v) is 4.47. The van der Waals surface area contributed by atoms with Crippen molar-refractivity contribution in [2.75, 3.05) is 13.7 Å². The molecule has 5 nitrogen and oxygen atoms in total. The smallest absolute Gasteiger partial charge is 0.417 e. The molecule has 4 rings (SSSR count). The number of aryl methyl sites for hydroxylation is 1. The topological polar surface area (TPSA) is 57.7 Å². The second-order valence-electron chi connectivity index (χ2n) is 7.63. The van der Waals surface area contributed by atoms with E-state index < -0.39 is 24.0 Å². The molecule has 1 aliphatic rings. The number of benzene rings is 2. The largest absolute Gasteiger partial charge is 0.467 e. The van der Waals surface area contributed by atoms with Crippen molar-refractivity contribution in [3.63, 3.8) is 0 Å². The molecule has 0 bridgehead atoms. The summed E-state index contributed by atoms with van der Waals surface area (Å²) in [4.78, 5) is 16.3. The molecule has 0 fully saturated rings. The number of para-hydroxylation sites is 1. The highest BCUT2D eigenvalue weighted by molar-refractivity contribution is 7.98. The third kappa shape index (κ3) is 5.90. The highest BCUT2D eigenvalue weighted by Gasteiger charge is 2.30. The molecule has 9 heteroatoms. The fraction of sp³-hybridized carbons (Fsp3) is 0.280. The summed E-state index contributed by atoms with van der Waals surface area (Å²) >= 11 is 1.61. The number of aromatic nitrogens is 1. The average Bonchev–Trinajstić information content (AvgIpc) is 2.85. The minimum absolute atomic E-state index is 0.161. The summed E-state index contributed by atoms with van der Waals surface area (Å²) in [7, 11) is 1.31. The van der Waals surface area contributed by atoms with Gasteiger partial charge in [0.05, 0.1) is 23.3 Å². The van der Waals surface area contributed by atoms with Gasteiger partial charge in [0.15, 0.2) is 0 Å². The lowest BCUT2D eigenvalue weighted by atomic mass is 10.1. The maximum absolute atomic E-state index is 12.7. The number of esters is 1. The second kappa shape index (κ2) is 10.5. The predicted octanol–water partition coefficient (Wildman–Crippen LogP) is 5.90. The number of hydrogen-bond donors (Lipinski definition) is 0. The van der Waals surface area contributed by atoms with Crippen LogP contribution in [0.4, 0.5) is 13.2 Å². The lowest BCUT2D eigenvalue weighted by Crippen LogP contribution is -2.28. The highest BCUT2D eigenvalue weighted by Crippen LogP contribution is 2.39. The molecule has 0 spiro atoms. The zero-order valence-corrected chi connectivity index (χ0v) is 19.1. The first-order valence-corrected chi connectivity index (χ1v) is 11.5. The molecule has 0 saturated heterocycles. The zero-order chi connectivity index (χ0) is 24.1. The number of carbonyl (C=O) groups excluding carboxylic acids is 1. The van der Waals surface area contributed by atoms with Crippen LogP contribution in [0, 0.1) is 0 Å². The van der Waals surface area contributed by atoms with Crippen molar-refractivity contribution in [1.29, 1.82) is 0 Å². The molecule has 178 valence electrons. The van der Waals surface area contributed by atoms with Crippen LogP contribution in [-0.4, -0.2) is 31.0 Å². The highest BCUT2D eigenvalue weighted by atomic mass is 32.2. The molecular formula is C25H22F3NO4S. The Morgan fingerprint density at radius 2 is 1.94 bits per heavy atom. The summed E-state index contributed by atoms with van der Waals surface area (Å²) in [5, 5.41) is 0. The number of alkyl halides is 3. The van der Waals surface area contributed by atoms with Gasteiger partial charge in [-0.1, -0.05) is 36.4 Å². The molecule has 0 saturated carbocycles. The predicted molar refractivity (Wildman–Crippen MR) is 121 cm³/mol. The summed E-state index contributed by atoms with van der Waals surface area (Å²) in [6, 6.07) is 15.9. The van der Waals surface area contributed by atoms with Crippen LogP contribution < -0.4 is 4.74 Å². The Hall–Kier alpha value is -3.04. The average molecular weight is 490 g/mol. The van der Waals surface area contributed by atoms with E-state index in [4.69, 9.17) is 9.47 Å². The molecule has 0 amide bonds. The van der Waals surface area contributed by atoms with E-state index in [2.05, 4.69) is 9.72 Å². The van der Waals surface area contributed by atoms with Gasteiger partial charge in [-0.25, -0.2) is 4.79 Å². The minimum Gasteiger partial charge on any atom is -0.467 e. The summed E-state index contributed by atoms with van der Waals surface area (Å²) in [5.74, 6) is 0.986. The van der Waals surface area contributed by atoms with E-state index in [9.17, 15) is 18.0 Å². The van der Waals surface area contributed by atoms with Gasteiger partial charge in [-0.2, -0.15) is 13.2 Å². The van der Waals surface area contributed by atoms with Crippen molar-refractivity contribution >= 4 is 17.7 Å². The van der Waals surface area contributed by atoms with Crippen LogP contribution in [0.2, 0.25) is 0 Å². The van der Waals surface area contributed by atoms with Gasteiger partial charge >= 0.3 is 12.1 Å². The molecule has 1 aromatic heterocycles. The van der Waals surface area contributed by atoms with Crippen molar-refractivity contribution in [1.82, 2.24) is 4.98 Å². The third-order valence-corrected chi connectivity index (χ3v) is 6.42. The minimum atomic E-state index is -4.40. The Morgan fingerprint density at radius 1 is 1.15 bits per heavy atom. The van der Waals surface area contributed by atoms with Crippen molar-refractivity contribution < 1.29 is 32.2 Å². The van der Waals surface area contributed by atoms with E-state index in [1.54, 1.807) is 11.8 Å². The van der Waals surface area contributed by atoms with E-state index in [1.807, 2.05) is 42.5 Å². The number of hydrogen-bond acceptors (Lipinski definition) is 6. The number of fused-ring (bicyclic) bond motifs is 1. The quantitative estimate of drug-likeness (QED) is 0.304. The zero-order valence-electron chi connectivity index (χ0n) is 18.3. The third-order valence-electron chi connectivity index (χ3n) is 5.31. The Labute approximate surface area is 199 Å². The number of methoxy groups -OCH3 is 1. The molecule has 34 heavy (non-hydrogen) atoms. The Kier molecular flexibility index (Phi) is 7.43. The van der Waals surface area contributed by atoms with Crippen LogP contribution in [0.5, 0.6) is 5.75 Å². The Bertz CT molecular complexity index is 1130. The first kappa shape index (κ1) is 24.1. The van der Waals surface area contributed by atoms with Gasteiger partial charge < -0.3 is 14.2 Å². The van der Waals surface area contributed by atoms with E-state index in [1.165, 1.54) is 13.2 Å². The number of halogens is 3. The number of nitrogens with zero attached hydrogens (tertiary/aromatic N) is 1. The van der Waals surface area contributed by atoms with Crippen LogP contribution in [0.25, 0.3) is 11.3 Å². The number of thioether (sulfide) groups is 1. The van der Waals surface area contributed by atoms with Crippen LogP contribution >= 0.6 is 11.8 Å². The summed E-state index contributed by atoms with van der Waals surface area (Å²) in [6.07, 6.45) is -2.63. The monoisotopic (exact) mass is 489 g/mol. The summed E-state index contributed by atoms with van der Waals surface area (Å²) in [5.41, 5.74) is 2.60. The fourth-order valence-electron chi connectivity index (χ4n) is 3.47. The first-order chi connectivity index (χ1) is 16.3. The van der Waals surface area contributed by atoms with Crippen LogP contribution in [-0.2, 0) is 32.6 Å². The lowest BCUT2D eigenvalue weighted by Gasteiger charge is -2.27. The summed E-state index contributed by atoms with van der Waals surface area (Å²) < 4.78 is 54.3. The van der Waals surface area contributed by atoms with E-state index in [0.29, 0.717) is 17.9 Å². The SMILES string of the molecule is COC(=O)COC1CCc2cccc(SCc3ccc(-c4ccc(C(F)(F)F)cn4)cc3)c2O1. The van der Waals surface area contributed by atoms with Crippen molar-refractivity contribution in [3.8, 4) is 17.0 Å². The van der Waals surface area contributed by atoms with Crippen LogP contribution in [0.1, 0.15) is 23.1 Å². The van der Waals surface area contributed by atoms with Gasteiger partial charge in [-0.05, 0) is 35.7 Å². The van der Waals surface area contributed by atoms with Gasteiger partial charge in [0.1, 0.15) is 12.4 Å². The maximum atomic E-state index is 12.7. The van der Waals surface area contributed by atoms with Crippen molar-refractivity contribution in [2.24, 2.45) is 0 Å². The van der Waals surface area contributed by atoms with Gasteiger partial charge in [0.25, 0.3) is 0 Å². The molecule has 0 N–H and O–H groups in total. The Balaban J connectivity index is 1.39. The van der Waals surface area contributed by atoms with Crippen LogP contribution in [0.3, 0.4) is 0 Å². The number of pyridine rings is 1. The molecule has 1 unspecified atom stereocenters. The maximum Gasteiger partial charge on any atom is 0.417 e. The van der Waals surface area contributed by atoms with Crippen molar-refractivity contribution in [3.05, 3.63) is 77.5 Å². The molecular weight excluding hydrogens is 467 g/mol. The Morgan fingerprint density at radius 3 is 2.62 bits per heavy atom. The number of carbonyl (C=O) groups is 1. The standard InChI is InChI=1S/C25H22F3NO4S/c1-31-22(30)14-32-23-12-9-18-3-2-4-21(24(18)33-23)34-15-16-5-7-17(8-6-16)20-11-10-19(13-29-20)25(26,27)28/h2-8,10-11,13,23H,9,12,14-15H2,1H3. The van der Waals surface area contributed by atoms with Gasteiger partial charge in [-0.15, -0.1) is 11.8 Å². The molecule has 2 heterocycles. The molecule has 2 aromatic carbocycles. The number of ether oxygens (including phenoxy) is 3. The van der Waals surface area contributed by atoms with E-state index in [-0.39, 0.29) is 6.61 Å². The second-order valence-corrected chi connectivity index (χ2v) is 8.65. The van der Waals surface area contributed by atoms with Gasteiger partial charge in [0.2, 0.25) is 6.29 Å². The molecule has 1 atom stereocenters. The van der Waals surface area contributed by atoms with E-state index >= 15 is 0 Å². The first-order valence-electron chi connectivity index (χ1n) is 10.6. The van der Waals surface area contributed by atoms with E-state index in [0.717, 1.165) is 46.0 Å². The summed E-state index contributed by atoms with van der Waals surface area (Å²) in [6.45, 7) is -0.161. The van der Waals surface area contributed by atoms with Gasteiger partial charge in [0, 0.05) is 23.9 Å². The normalized spacial score (nSPS) is 15.4. The van der Waals surface area contributed by atoms with Crippen molar-refractivity contribution in [2.45, 2.75) is 36.0 Å². The molecule has 1 aliphatic heterocycles. The van der Waals surface area contributed by atoms with Crippen LogP contribution in [0.15, 0.2) is 65.7 Å².